The normalized spacial score (nSPS) is 7.00. The SMILES string of the molecule is CC[N-]CC.[Cs+]. The van der Waals surface area contributed by atoms with E-state index < -0.39 is 0 Å². The molecule has 0 aromatic carbocycles. The van der Waals surface area contributed by atoms with Gasteiger partial charge in [0, 0.05) is 0 Å². The molecule has 0 saturated heterocycles. The summed E-state index contributed by atoms with van der Waals surface area (Å²) in [5.41, 5.74) is 0. The smallest absolute Gasteiger partial charge is 0.663 e. The predicted octanol–water partition coefficient (Wildman–Crippen LogP) is -1.60. The van der Waals surface area contributed by atoms with Crippen molar-refractivity contribution in [1.29, 1.82) is 0 Å². The Hall–Kier alpha value is 2.01. The first-order valence-electron chi connectivity index (χ1n) is 2.05. The van der Waals surface area contributed by atoms with Gasteiger partial charge in [-0.15, -0.1) is 0 Å². The maximum atomic E-state index is 3.97. The minimum atomic E-state index is 0. The van der Waals surface area contributed by atoms with Crippen LogP contribution in [0.15, 0.2) is 0 Å². The summed E-state index contributed by atoms with van der Waals surface area (Å²) in [5.74, 6) is 0. The number of nitrogens with zero attached hydrogens (tertiary/aromatic N) is 1. The molecule has 0 N–H and O–H groups in total. The van der Waals surface area contributed by atoms with Gasteiger partial charge in [-0.25, -0.2) is 0 Å². The average Bonchev–Trinajstić information content (AvgIpc) is 1.41. The quantitative estimate of drug-likeness (QED) is 0.515. The van der Waals surface area contributed by atoms with Crippen LogP contribution in [0.3, 0.4) is 0 Å². The minimum absolute atomic E-state index is 0. The van der Waals surface area contributed by atoms with Crippen LogP contribution in [0.25, 0.3) is 5.32 Å². The van der Waals surface area contributed by atoms with Crippen LogP contribution in [0.2, 0.25) is 0 Å². The number of hydrogen-bond donors (Lipinski definition) is 0. The van der Waals surface area contributed by atoms with Crippen LogP contribution in [-0.4, -0.2) is 13.1 Å². The van der Waals surface area contributed by atoms with Gasteiger partial charge in [-0.2, -0.15) is 13.1 Å². The fourth-order valence-corrected chi connectivity index (χ4v) is 0.224. The van der Waals surface area contributed by atoms with Crippen LogP contribution in [0.1, 0.15) is 13.8 Å². The monoisotopic (exact) mass is 205 g/mol. The van der Waals surface area contributed by atoms with Crippen molar-refractivity contribution in [3.05, 3.63) is 5.32 Å². The molecule has 0 atom stereocenters. The summed E-state index contributed by atoms with van der Waals surface area (Å²) in [6, 6.07) is 0. The van der Waals surface area contributed by atoms with Crippen molar-refractivity contribution in [3.63, 3.8) is 0 Å². The molecule has 0 heterocycles. The first-order valence-corrected chi connectivity index (χ1v) is 2.05. The molecule has 0 amide bonds. The number of rotatable bonds is 2. The standard InChI is InChI=1S/C4H10N.Cs/c1-3-5-4-2;/h3-4H2,1-2H3;/q-1;+1. The molecule has 0 radical (unpaired) electrons. The first-order chi connectivity index (χ1) is 2.41. The molecular formula is C4H10CsN. The fraction of sp³-hybridized carbons (Fsp3) is 1.00. The Morgan fingerprint density at radius 2 is 1.50 bits per heavy atom. The van der Waals surface area contributed by atoms with Gasteiger partial charge in [0.15, 0.2) is 0 Å². The molecule has 32 valence electrons. The Balaban J connectivity index is 0. The van der Waals surface area contributed by atoms with Gasteiger partial charge in [-0.3, -0.25) is 0 Å². The zero-order chi connectivity index (χ0) is 4.12. The second kappa shape index (κ2) is 10.1. The zero-order valence-corrected chi connectivity index (χ0v) is 11.1. The molecule has 0 aliphatic heterocycles. The van der Waals surface area contributed by atoms with E-state index in [0.29, 0.717) is 0 Å². The van der Waals surface area contributed by atoms with E-state index in [4.69, 9.17) is 0 Å². The van der Waals surface area contributed by atoms with Crippen molar-refractivity contribution in [2.24, 2.45) is 0 Å². The second-order valence-corrected chi connectivity index (χ2v) is 0.856. The fourth-order valence-electron chi connectivity index (χ4n) is 0.224. The van der Waals surface area contributed by atoms with Crippen LogP contribution in [-0.2, 0) is 0 Å². The van der Waals surface area contributed by atoms with Gasteiger partial charge in [0.2, 0.25) is 0 Å². The van der Waals surface area contributed by atoms with E-state index in [-0.39, 0.29) is 68.9 Å². The third-order valence-electron chi connectivity index (χ3n) is 0.447. The third-order valence-corrected chi connectivity index (χ3v) is 0.447. The molecular weight excluding hydrogens is 195 g/mol. The van der Waals surface area contributed by atoms with Crippen LogP contribution in [0, 0.1) is 0 Å². The van der Waals surface area contributed by atoms with Crippen molar-refractivity contribution in [2.75, 3.05) is 13.1 Å². The van der Waals surface area contributed by atoms with Crippen LogP contribution in [0.4, 0.5) is 0 Å². The average molecular weight is 205 g/mol. The van der Waals surface area contributed by atoms with Crippen molar-refractivity contribution in [1.82, 2.24) is 0 Å². The molecule has 0 spiro atoms. The van der Waals surface area contributed by atoms with Crippen molar-refractivity contribution >= 4 is 0 Å². The molecule has 0 aliphatic rings. The van der Waals surface area contributed by atoms with E-state index in [1.807, 2.05) is 13.8 Å². The summed E-state index contributed by atoms with van der Waals surface area (Å²) in [7, 11) is 0. The first kappa shape index (κ1) is 10.9. The molecule has 0 aromatic heterocycles. The molecule has 2 heteroatoms. The summed E-state index contributed by atoms with van der Waals surface area (Å²) in [6.07, 6.45) is 0. The van der Waals surface area contributed by atoms with Crippen LogP contribution < -0.4 is 68.9 Å². The molecule has 0 bridgehead atoms. The van der Waals surface area contributed by atoms with Gasteiger partial charge in [0.05, 0.1) is 0 Å². The molecule has 0 aliphatic carbocycles. The number of hydrogen-bond acceptors (Lipinski definition) is 0. The van der Waals surface area contributed by atoms with Gasteiger partial charge in [0.25, 0.3) is 0 Å². The second-order valence-electron chi connectivity index (χ2n) is 0.856. The van der Waals surface area contributed by atoms with Gasteiger partial charge in [-0.05, 0) is 0 Å². The van der Waals surface area contributed by atoms with Gasteiger partial charge >= 0.3 is 68.9 Å². The maximum Gasteiger partial charge on any atom is 1.00 e. The summed E-state index contributed by atoms with van der Waals surface area (Å²) in [5, 5.41) is 3.97. The molecule has 0 rings (SSSR count). The van der Waals surface area contributed by atoms with Crippen LogP contribution >= 0.6 is 0 Å². The molecule has 0 fully saturated rings. The van der Waals surface area contributed by atoms with E-state index in [0.717, 1.165) is 13.1 Å². The van der Waals surface area contributed by atoms with Crippen molar-refractivity contribution in [3.8, 4) is 0 Å². The van der Waals surface area contributed by atoms with E-state index in [1.54, 1.807) is 0 Å². The molecule has 0 unspecified atom stereocenters. The summed E-state index contributed by atoms with van der Waals surface area (Å²) < 4.78 is 0. The topological polar surface area (TPSA) is 14.1 Å². The summed E-state index contributed by atoms with van der Waals surface area (Å²) in [4.78, 5) is 0. The molecule has 1 nitrogen and oxygen atoms in total. The van der Waals surface area contributed by atoms with Gasteiger partial charge in [-0.1, -0.05) is 13.8 Å². The van der Waals surface area contributed by atoms with E-state index >= 15 is 0 Å². The van der Waals surface area contributed by atoms with E-state index in [9.17, 15) is 0 Å². The molecule has 6 heavy (non-hydrogen) atoms. The Morgan fingerprint density at radius 1 is 1.17 bits per heavy atom. The summed E-state index contributed by atoms with van der Waals surface area (Å²) >= 11 is 0. The Labute approximate surface area is 98.7 Å². The predicted molar refractivity (Wildman–Crippen MR) is 24.4 cm³/mol. The van der Waals surface area contributed by atoms with Gasteiger partial charge < -0.3 is 5.32 Å². The van der Waals surface area contributed by atoms with Crippen LogP contribution in [0.5, 0.6) is 0 Å². The zero-order valence-electron chi connectivity index (χ0n) is 4.86. The Kier molecular flexibility index (Phi) is 18.3. The Morgan fingerprint density at radius 3 is 1.50 bits per heavy atom. The van der Waals surface area contributed by atoms with Gasteiger partial charge in [0.1, 0.15) is 0 Å². The van der Waals surface area contributed by atoms with Crippen molar-refractivity contribution < 1.29 is 68.9 Å². The summed E-state index contributed by atoms with van der Waals surface area (Å²) in [6.45, 7) is 6.03. The largest absolute Gasteiger partial charge is 1.00 e. The van der Waals surface area contributed by atoms with E-state index in [2.05, 4.69) is 5.32 Å². The van der Waals surface area contributed by atoms with Crippen molar-refractivity contribution in [2.45, 2.75) is 13.8 Å². The maximum absolute atomic E-state index is 3.97. The molecule has 0 aromatic rings. The van der Waals surface area contributed by atoms with E-state index in [1.165, 1.54) is 0 Å². The Bertz CT molecular complexity index is 15.0. The molecule has 0 saturated carbocycles. The minimum Gasteiger partial charge on any atom is -0.663 e. The third kappa shape index (κ3) is 9.38.